The minimum Gasteiger partial charge on any atom is -0.409 e. The van der Waals surface area contributed by atoms with Gasteiger partial charge in [0.1, 0.15) is 5.41 Å². The first kappa shape index (κ1) is 15.8. The Kier molecular flexibility index (Phi) is 6.12. The van der Waals surface area contributed by atoms with Gasteiger partial charge in [-0.25, -0.2) is 0 Å². The van der Waals surface area contributed by atoms with Crippen molar-refractivity contribution in [1.29, 1.82) is 0 Å². The summed E-state index contributed by atoms with van der Waals surface area (Å²) in [6.45, 7) is 4.23. The van der Waals surface area contributed by atoms with E-state index in [-0.39, 0.29) is 11.7 Å². The van der Waals surface area contributed by atoms with Gasteiger partial charge >= 0.3 is 0 Å². The molecule has 4 N–H and O–H groups in total. The third-order valence-corrected chi connectivity index (χ3v) is 4.43. The number of hydrogen-bond donors (Lipinski definition) is 3. The van der Waals surface area contributed by atoms with Gasteiger partial charge in [-0.1, -0.05) is 37.8 Å². The molecule has 5 nitrogen and oxygen atoms in total. The second-order valence-electron chi connectivity index (χ2n) is 5.72. The highest BCUT2D eigenvalue weighted by Gasteiger charge is 2.36. The highest BCUT2D eigenvalue weighted by atomic mass is 16.4. The molecule has 1 atom stereocenters. The number of oxime groups is 1. The summed E-state index contributed by atoms with van der Waals surface area (Å²) in [6.07, 6.45) is 8.09. The van der Waals surface area contributed by atoms with Crippen LogP contribution in [0.2, 0.25) is 0 Å². The number of nitrogens with zero attached hydrogens (tertiary/aromatic N) is 1. The van der Waals surface area contributed by atoms with Crippen LogP contribution in [0.25, 0.3) is 0 Å². The van der Waals surface area contributed by atoms with Crippen LogP contribution >= 0.6 is 0 Å². The van der Waals surface area contributed by atoms with Crippen molar-refractivity contribution in [3.05, 3.63) is 0 Å². The molecule has 0 aliphatic heterocycles. The van der Waals surface area contributed by atoms with Crippen LogP contribution in [0.5, 0.6) is 0 Å². The zero-order valence-corrected chi connectivity index (χ0v) is 12.1. The number of nitrogens with two attached hydrogens (primary N) is 1. The van der Waals surface area contributed by atoms with E-state index in [1.165, 1.54) is 32.1 Å². The summed E-state index contributed by atoms with van der Waals surface area (Å²) in [5.41, 5.74) is 4.69. The van der Waals surface area contributed by atoms with Crippen LogP contribution in [0.3, 0.4) is 0 Å². The molecule has 0 aromatic heterocycles. The molecule has 0 bridgehead atoms. The normalized spacial score (nSPS) is 20.2. The first-order chi connectivity index (χ1) is 9.04. The Morgan fingerprint density at radius 1 is 1.47 bits per heavy atom. The fourth-order valence-electron chi connectivity index (χ4n) is 2.66. The van der Waals surface area contributed by atoms with Gasteiger partial charge in [-0.05, 0) is 32.1 Å². The van der Waals surface area contributed by atoms with Crippen molar-refractivity contribution in [2.24, 2.45) is 22.2 Å². The molecule has 0 saturated heterocycles. The molecule has 1 rings (SSSR count). The Morgan fingerprint density at radius 2 is 2.11 bits per heavy atom. The Bertz CT molecular complexity index is 325. The SMILES string of the molecule is CCC(C)(C(=O)NCCCC1CCCC1)C(N)=NO. The van der Waals surface area contributed by atoms with E-state index >= 15 is 0 Å². The molecule has 1 saturated carbocycles. The fourth-order valence-corrected chi connectivity index (χ4v) is 2.66. The maximum Gasteiger partial charge on any atom is 0.233 e. The monoisotopic (exact) mass is 269 g/mol. The molecular formula is C14H27N3O2. The van der Waals surface area contributed by atoms with Gasteiger partial charge in [-0.3, -0.25) is 4.79 Å². The first-order valence-electron chi connectivity index (χ1n) is 7.31. The predicted octanol–water partition coefficient (Wildman–Crippen LogP) is 2.24. The number of hydrogen-bond acceptors (Lipinski definition) is 3. The van der Waals surface area contributed by atoms with Gasteiger partial charge in [0, 0.05) is 6.54 Å². The molecule has 0 radical (unpaired) electrons. The van der Waals surface area contributed by atoms with Gasteiger partial charge in [0.15, 0.2) is 5.84 Å². The average Bonchev–Trinajstić information content (AvgIpc) is 2.94. The van der Waals surface area contributed by atoms with Crippen molar-refractivity contribution < 1.29 is 10.0 Å². The molecule has 5 heteroatoms. The zero-order valence-electron chi connectivity index (χ0n) is 12.1. The summed E-state index contributed by atoms with van der Waals surface area (Å²) in [5, 5.41) is 14.6. The summed E-state index contributed by atoms with van der Waals surface area (Å²) in [5.74, 6) is 0.665. The van der Waals surface area contributed by atoms with Crippen LogP contribution in [0.4, 0.5) is 0 Å². The lowest BCUT2D eigenvalue weighted by Gasteiger charge is -2.25. The number of carbonyl (C=O) groups excluding carboxylic acids is 1. The molecular weight excluding hydrogens is 242 g/mol. The van der Waals surface area contributed by atoms with Crippen molar-refractivity contribution in [3.8, 4) is 0 Å². The van der Waals surface area contributed by atoms with Gasteiger partial charge in [0.25, 0.3) is 0 Å². The quantitative estimate of drug-likeness (QED) is 0.218. The summed E-state index contributed by atoms with van der Waals surface area (Å²) in [6, 6.07) is 0. The highest BCUT2D eigenvalue weighted by Crippen LogP contribution is 2.28. The fraction of sp³-hybridized carbons (Fsp3) is 0.857. The molecule has 0 heterocycles. The van der Waals surface area contributed by atoms with Gasteiger partial charge in [-0.2, -0.15) is 0 Å². The third kappa shape index (κ3) is 4.11. The number of nitrogens with one attached hydrogen (secondary N) is 1. The Labute approximate surface area is 115 Å². The molecule has 1 aliphatic rings. The van der Waals surface area contributed by atoms with E-state index in [1.54, 1.807) is 6.92 Å². The summed E-state index contributed by atoms with van der Waals surface area (Å²) in [4.78, 5) is 12.1. The van der Waals surface area contributed by atoms with Crippen LogP contribution in [0, 0.1) is 11.3 Å². The summed E-state index contributed by atoms with van der Waals surface area (Å²) < 4.78 is 0. The molecule has 1 unspecified atom stereocenters. The van der Waals surface area contributed by atoms with E-state index in [9.17, 15) is 4.79 Å². The molecule has 1 amide bonds. The van der Waals surface area contributed by atoms with Crippen LogP contribution in [0.15, 0.2) is 5.16 Å². The average molecular weight is 269 g/mol. The van der Waals surface area contributed by atoms with E-state index < -0.39 is 5.41 Å². The highest BCUT2D eigenvalue weighted by molar-refractivity contribution is 6.06. The number of rotatable bonds is 7. The van der Waals surface area contributed by atoms with Crippen molar-refractivity contribution in [3.63, 3.8) is 0 Å². The Hall–Kier alpha value is -1.26. The number of carbonyl (C=O) groups is 1. The third-order valence-electron chi connectivity index (χ3n) is 4.43. The van der Waals surface area contributed by atoms with E-state index in [2.05, 4.69) is 10.5 Å². The largest absolute Gasteiger partial charge is 0.409 e. The maximum absolute atomic E-state index is 12.1. The van der Waals surface area contributed by atoms with Crippen LogP contribution in [-0.4, -0.2) is 23.5 Å². The van der Waals surface area contributed by atoms with E-state index in [0.717, 1.165) is 12.3 Å². The smallest absolute Gasteiger partial charge is 0.233 e. The number of amidine groups is 1. The maximum atomic E-state index is 12.1. The van der Waals surface area contributed by atoms with Crippen LogP contribution in [-0.2, 0) is 4.79 Å². The lowest BCUT2D eigenvalue weighted by molar-refractivity contribution is -0.127. The Balaban J connectivity index is 2.32. The molecule has 0 aromatic carbocycles. The predicted molar refractivity (Wildman–Crippen MR) is 76.0 cm³/mol. The number of amides is 1. The minimum absolute atomic E-state index is 0.0247. The van der Waals surface area contributed by atoms with Crippen LogP contribution in [0.1, 0.15) is 58.8 Å². The van der Waals surface area contributed by atoms with Crippen molar-refractivity contribution in [2.45, 2.75) is 58.8 Å². The van der Waals surface area contributed by atoms with Gasteiger partial charge in [0.2, 0.25) is 5.91 Å². The topological polar surface area (TPSA) is 87.7 Å². The van der Waals surface area contributed by atoms with Crippen molar-refractivity contribution in [1.82, 2.24) is 5.32 Å². The summed E-state index contributed by atoms with van der Waals surface area (Å²) >= 11 is 0. The lowest BCUT2D eigenvalue weighted by atomic mass is 9.85. The van der Waals surface area contributed by atoms with E-state index in [4.69, 9.17) is 10.9 Å². The lowest BCUT2D eigenvalue weighted by Crippen LogP contribution is -2.47. The molecule has 0 spiro atoms. The standard InChI is InChI=1S/C14H27N3O2/c1-3-14(2,12(15)17-19)13(18)16-10-6-9-11-7-4-5-8-11/h11,19H,3-10H2,1-2H3,(H2,15,17)(H,16,18). The van der Waals surface area contributed by atoms with E-state index in [0.29, 0.717) is 13.0 Å². The second-order valence-corrected chi connectivity index (χ2v) is 5.72. The molecule has 1 fully saturated rings. The van der Waals surface area contributed by atoms with Crippen molar-refractivity contribution in [2.75, 3.05) is 6.54 Å². The van der Waals surface area contributed by atoms with Crippen LogP contribution < -0.4 is 11.1 Å². The molecule has 110 valence electrons. The van der Waals surface area contributed by atoms with Crippen molar-refractivity contribution >= 4 is 11.7 Å². The second kappa shape index (κ2) is 7.36. The molecule has 19 heavy (non-hydrogen) atoms. The van der Waals surface area contributed by atoms with E-state index in [1.807, 2.05) is 6.92 Å². The van der Waals surface area contributed by atoms with Gasteiger partial charge < -0.3 is 16.3 Å². The molecule has 1 aliphatic carbocycles. The minimum atomic E-state index is -0.915. The molecule has 0 aromatic rings. The first-order valence-corrected chi connectivity index (χ1v) is 7.31. The Morgan fingerprint density at radius 3 is 2.63 bits per heavy atom. The van der Waals surface area contributed by atoms with Gasteiger partial charge in [0.05, 0.1) is 0 Å². The summed E-state index contributed by atoms with van der Waals surface area (Å²) in [7, 11) is 0. The zero-order chi connectivity index (χ0) is 14.3. The van der Waals surface area contributed by atoms with Gasteiger partial charge in [-0.15, -0.1) is 0 Å².